The molecule has 0 unspecified atom stereocenters. The minimum Gasteiger partial charge on any atom is -0.479 e. The molecule has 0 saturated heterocycles. The Morgan fingerprint density at radius 3 is 2.27 bits per heavy atom. The highest BCUT2D eigenvalue weighted by molar-refractivity contribution is 5.99. The van der Waals surface area contributed by atoms with Crippen molar-refractivity contribution in [2.75, 3.05) is 0 Å². The van der Waals surface area contributed by atoms with Gasteiger partial charge in [0.25, 0.3) is 5.91 Å². The van der Waals surface area contributed by atoms with Crippen molar-refractivity contribution in [3.63, 3.8) is 0 Å². The van der Waals surface area contributed by atoms with E-state index in [4.69, 9.17) is 9.72 Å². The summed E-state index contributed by atoms with van der Waals surface area (Å²) in [4.78, 5) is 30.1. The number of hydrogen-bond donors (Lipinski definition) is 2. The van der Waals surface area contributed by atoms with Gasteiger partial charge in [-0.15, -0.1) is 0 Å². The van der Waals surface area contributed by atoms with E-state index in [1.165, 1.54) is 18.4 Å². The van der Waals surface area contributed by atoms with E-state index in [1.807, 2.05) is 36.4 Å². The molecule has 206 valence electrons. The van der Waals surface area contributed by atoms with E-state index in [-0.39, 0.29) is 11.1 Å². The standard InChI is InChI=1S/C34H36N2O4/c1-34(2,3)25-14-17-26(18-15-25)40-27-16-13-24-20-30(35-29(28(24)21-27)19-22-9-7-8-10-22)32(37)36-31(33(38)39)23-11-5-4-6-12-23/h4-6,11-18,20-22,31H,7-10,19H2,1-3H3,(H,36,37)(H,38,39)/t31-/m0/s1. The molecule has 0 bridgehead atoms. The normalized spacial score (nSPS) is 14.7. The second-order valence-electron chi connectivity index (χ2n) is 11.7. The van der Waals surface area contributed by atoms with Gasteiger partial charge in [-0.1, -0.05) is 95.0 Å². The summed E-state index contributed by atoms with van der Waals surface area (Å²) < 4.78 is 6.21. The Kier molecular flexibility index (Phi) is 7.88. The highest BCUT2D eigenvalue weighted by Gasteiger charge is 2.25. The Hall–Kier alpha value is -4.19. The van der Waals surface area contributed by atoms with E-state index >= 15 is 0 Å². The summed E-state index contributed by atoms with van der Waals surface area (Å²) in [5.74, 6) is 0.348. The van der Waals surface area contributed by atoms with Gasteiger partial charge in [-0.05, 0) is 64.6 Å². The first-order chi connectivity index (χ1) is 19.2. The quantitative estimate of drug-likeness (QED) is 0.242. The van der Waals surface area contributed by atoms with Crippen LogP contribution in [-0.4, -0.2) is 22.0 Å². The largest absolute Gasteiger partial charge is 0.479 e. The van der Waals surface area contributed by atoms with Crippen LogP contribution < -0.4 is 10.1 Å². The molecule has 40 heavy (non-hydrogen) atoms. The molecular weight excluding hydrogens is 500 g/mol. The number of ether oxygens (including phenoxy) is 1. The number of pyridine rings is 1. The number of fused-ring (bicyclic) bond motifs is 1. The summed E-state index contributed by atoms with van der Waals surface area (Å²) in [5, 5.41) is 14.3. The van der Waals surface area contributed by atoms with Gasteiger partial charge in [0.15, 0.2) is 6.04 Å². The van der Waals surface area contributed by atoms with Crippen molar-refractivity contribution >= 4 is 22.6 Å². The molecule has 1 aliphatic rings. The van der Waals surface area contributed by atoms with Crippen molar-refractivity contribution in [2.45, 2.75) is 64.3 Å². The van der Waals surface area contributed by atoms with Crippen LogP contribution in [0.1, 0.15) is 79.8 Å². The minimum atomic E-state index is -1.16. The number of hydrogen-bond acceptors (Lipinski definition) is 4. The molecule has 3 aromatic carbocycles. The predicted molar refractivity (Wildman–Crippen MR) is 157 cm³/mol. The number of nitrogens with zero attached hydrogens (tertiary/aromatic N) is 1. The first-order valence-corrected chi connectivity index (χ1v) is 14.0. The number of rotatable bonds is 8. The number of aromatic nitrogens is 1. The van der Waals surface area contributed by atoms with Crippen LogP contribution in [0, 0.1) is 5.92 Å². The van der Waals surface area contributed by atoms with Crippen molar-refractivity contribution in [2.24, 2.45) is 5.92 Å². The number of aliphatic carboxylic acids is 1. The van der Waals surface area contributed by atoms with E-state index in [2.05, 4.69) is 38.2 Å². The first kappa shape index (κ1) is 27.4. The third-order valence-electron chi connectivity index (χ3n) is 7.68. The molecule has 4 aromatic rings. The molecule has 5 rings (SSSR count). The van der Waals surface area contributed by atoms with E-state index in [1.54, 1.807) is 30.3 Å². The Balaban J connectivity index is 1.45. The van der Waals surface area contributed by atoms with Crippen LogP contribution in [0.25, 0.3) is 10.8 Å². The highest BCUT2D eigenvalue weighted by Crippen LogP contribution is 2.33. The van der Waals surface area contributed by atoms with Crippen LogP contribution in [0.3, 0.4) is 0 Å². The highest BCUT2D eigenvalue weighted by atomic mass is 16.5. The number of carboxylic acid groups (broad SMARTS) is 1. The predicted octanol–water partition coefficient (Wildman–Crippen LogP) is 7.61. The van der Waals surface area contributed by atoms with Crippen LogP contribution in [0.4, 0.5) is 0 Å². The molecule has 0 spiro atoms. The lowest BCUT2D eigenvalue weighted by molar-refractivity contribution is -0.139. The molecule has 6 heteroatoms. The molecule has 1 aromatic heterocycles. The van der Waals surface area contributed by atoms with Crippen LogP contribution in [-0.2, 0) is 16.6 Å². The Morgan fingerprint density at radius 1 is 0.950 bits per heavy atom. The maximum atomic E-state index is 13.3. The molecule has 1 heterocycles. The SMILES string of the molecule is CC(C)(C)c1ccc(Oc2ccc3cc(C(=O)N[C@H](C(=O)O)c4ccccc4)nc(CC4CCCC4)c3c2)cc1. The second-order valence-corrected chi connectivity index (χ2v) is 11.7. The Bertz CT molecular complexity index is 1500. The molecule has 1 aliphatic carbocycles. The van der Waals surface area contributed by atoms with E-state index in [0.717, 1.165) is 41.5 Å². The van der Waals surface area contributed by atoms with E-state index in [0.29, 0.717) is 17.2 Å². The maximum absolute atomic E-state index is 13.3. The van der Waals surface area contributed by atoms with Crippen molar-refractivity contribution in [1.82, 2.24) is 10.3 Å². The van der Waals surface area contributed by atoms with Crippen LogP contribution in [0.2, 0.25) is 0 Å². The zero-order chi connectivity index (χ0) is 28.3. The third kappa shape index (κ3) is 6.33. The van der Waals surface area contributed by atoms with Crippen LogP contribution in [0.5, 0.6) is 11.5 Å². The molecule has 0 aliphatic heterocycles. The summed E-state index contributed by atoms with van der Waals surface area (Å²) in [6.07, 6.45) is 5.47. The lowest BCUT2D eigenvalue weighted by Gasteiger charge is -2.19. The summed E-state index contributed by atoms with van der Waals surface area (Å²) in [6, 6.07) is 23.3. The van der Waals surface area contributed by atoms with Crippen molar-refractivity contribution in [1.29, 1.82) is 0 Å². The monoisotopic (exact) mass is 536 g/mol. The van der Waals surface area contributed by atoms with Crippen LogP contribution in [0.15, 0.2) is 78.9 Å². The molecular formula is C34H36N2O4. The summed E-state index contributed by atoms with van der Waals surface area (Å²) in [5.41, 5.74) is 2.87. The molecule has 6 nitrogen and oxygen atoms in total. The minimum absolute atomic E-state index is 0.0673. The van der Waals surface area contributed by atoms with E-state index in [9.17, 15) is 14.7 Å². The van der Waals surface area contributed by atoms with Gasteiger partial charge < -0.3 is 15.2 Å². The van der Waals surface area contributed by atoms with Gasteiger partial charge in [0.1, 0.15) is 17.2 Å². The summed E-state index contributed by atoms with van der Waals surface area (Å²) in [7, 11) is 0. The summed E-state index contributed by atoms with van der Waals surface area (Å²) >= 11 is 0. The fourth-order valence-corrected chi connectivity index (χ4v) is 5.42. The van der Waals surface area contributed by atoms with Gasteiger partial charge >= 0.3 is 5.97 Å². The Labute approximate surface area is 235 Å². The molecule has 1 fully saturated rings. The first-order valence-electron chi connectivity index (χ1n) is 14.0. The van der Waals surface area contributed by atoms with Gasteiger partial charge in [0.2, 0.25) is 0 Å². The van der Waals surface area contributed by atoms with Crippen molar-refractivity contribution < 1.29 is 19.4 Å². The Morgan fingerprint density at radius 2 is 1.62 bits per heavy atom. The molecule has 1 saturated carbocycles. The van der Waals surface area contributed by atoms with Gasteiger partial charge in [-0.25, -0.2) is 9.78 Å². The van der Waals surface area contributed by atoms with Gasteiger partial charge in [0, 0.05) is 11.1 Å². The molecule has 1 amide bonds. The number of carbonyl (C=O) groups excluding carboxylic acids is 1. The molecule has 1 atom stereocenters. The van der Waals surface area contributed by atoms with Crippen molar-refractivity contribution in [3.8, 4) is 11.5 Å². The smallest absolute Gasteiger partial charge is 0.330 e. The summed E-state index contributed by atoms with van der Waals surface area (Å²) in [6.45, 7) is 6.55. The van der Waals surface area contributed by atoms with Gasteiger partial charge in [-0.2, -0.15) is 0 Å². The van der Waals surface area contributed by atoms with Crippen LogP contribution >= 0.6 is 0 Å². The fourth-order valence-electron chi connectivity index (χ4n) is 5.42. The average Bonchev–Trinajstić information content (AvgIpc) is 3.45. The third-order valence-corrected chi connectivity index (χ3v) is 7.68. The lowest BCUT2D eigenvalue weighted by atomic mass is 9.87. The average molecular weight is 537 g/mol. The van der Waals surface area contributed by atoms with E-state index < -0.39 is 17.9 Å². The number of benzene rings is 3. The maximum Gasteiger partial charge on any atom is 0.330 e. The number of carbonyl (C=O) groups is 2. The van der Waals surface area contributed by atoms with Gasteiger partial charge in [-0.3, -0.25) is 4.79 Å². The zero-order valence-corrected chi connectivity index (χ0v) is 23.3. The van der Waals surface area contributed by atoms with Gasteiger partial charge in [0.05, 0.1) is 0 Å². The number of carboxylic acids is 1. The number of amides is 1. The van der Waals surface area contributed by atoms with Crippen molar-refractivity contribution in [3.05, 3.63) is 101 Å². The topological polar surface area (TPSA) is 88.5 Å². The lowest BCUT2D eigenvalue weighted by Crippen LogP contribution is -2.34. The molecule has 0 radical (unpaired) electrons. The molecule has 2 N–H and O–H groups in total. The number of nitrogens with one attached hydrogen (secondary N) is 1. The zero-order valence-electron chi connectivity index (χ0n) is 23.3. The fraction of sp³-hybridized carbons (Fsp3) is 0.324. The second kappa shape index (κ2) is 11.5.